The molecule has 4 aromatic rings. The number of aryl methyl sites for hydroxylation is 1. The van der Waals surface area contributed by atoms with Crippen molar-refractivity contribution in [1.82, 2.24) is 20.3 Å². The van der Waals surface area contributed by atoms with Crippen LogP contribution >= 0.6 is 0 Å². The predicted molar refractivity (Wildman–Crippen MR) is 172 cm³/mol. The van der Waals surface area contributed by atoms with Gasteiger partial charge in [0.2, 0.25) is 5.91 Å². The minimum Gasteiger partial charge on any atom is -0.367 e. The minimum absolute atomic E-state index is 0.0566. The lowest BCUT2D eigenvalue weighted by Gasteiger charge is -2.36. The van der Waals surface area contributed by atoms with Crippen LogP contribution in [0.1, 0.15) is 42.4 Å². The molecule has 0 unspecified atom stereocenters. The Hall–Kier alpha value is -4.58. The van der Waals surface area contributed by atoms with Crippen molar-refractivity contribution in [2.45, 2.75) is 39.1 Å². The van der Waals surface area contributed by atoms with Crippen LogP contribution < -0.4 is 20.4 Å². The molecule has 2 amide bonds. The first-order chi connectivity index (χ1) is 20.8. The molecule has 0 atom stereocenters. The number of hydrogen-bond donors (Lipinski definition) is 2. The fourth-order valence-electron chi connectivity index (χ4n) is 4.92. The third-order valence-electron chi connectivity index (χ3n) is 7.53. The van der Waals surface area contributed by atoms with E-state index in [0.717, 1.165) is 54.8 Å². The molecule has 0 bridgehead atoms. The summed E-state index contributed by atoms with van der Waals surface area (Å²) in [6, 6.07) is 12.4. The van der Waals surface area contributed by atoms with E-state index in [1.165, 1.54) is 6.07 Å². The number of amides is 2. The second-order valence-corrected chi connectivity index (χ2v) is 14.1. The van der Waals surface area contributed by atoms with Gasteiger partial charge in [-0.1, -0.05) is 26.8 Å². The fraction of sp³-hybridized carbons (Fsp3) is 0.344. The molecule has 1 aliphatic rings. The van der Waals surface area contributed by atoms with Gasteiger partial charge in [-0.05, 0) is 48.9 Å². The van der Waals surface area contributed by atoms with Gasteiger partial charge in [0.05, 0.1) is 46.4 Å². The molecule has 44 heavy (non-hydrogen) atoms. The van der Waals surface area contributed by atoms with Crippen molar-refractivity contribution in [2.24, 2.45) is 5.41 Å². The van der Waals surface area contributed by atoms with Crippen LogP contribution in [0.15, 0.2) is 66.0 Å². The van der Waals surface area contributed by atoms with Crippen LogP contribution in [0, 0.1) is 12.3 Å². The molecular formula is C32H37N7O4S. The molecule has 1 aliphatic heterocycles. The number of hydrogen-bond acceptors (Lipinski definition) is 9. The Bertz CT molecular complexity index is 1830. The van der Waals surface area contributed by atoms with Crippen LogP contribution in [0.5, 0.6) is 0 Å². The van der Waals surface area contributed by atoms with Crippen LogP contribution in [0.3, 0.4) is 0 Å². The Kier molecular flexibility index (Phi) is 8.55. The van der Waals surface area contributed by atoms with Crippen molar-refractivity contribution in [2.75, 3.05) is 47.6 Å². The number of sulfone groups is 1. The topological polar surface area (TPSA) is 137 Å². The minimum atomic E-state index is -3.45. The molecule has 1 aromatic carbocycles. The summed E-state index contributed by atoms with van der Waals surface area (Å²) in [5, 5.41) is 6.67. The van der Waals surface area contributed by atoms with Gasteiger partial charge in [-0.15, -0.1) is 0 Å². The molecule has 5 rings (SSSR count). The molecule has 1 saturated heterocycles. The number of carbonyl (C=O) groups excluding carboxylic acids is 2. The molecule has 230 valence electrons. The SMILES string of the molecule is Cc1ccc(C(=O)NCc2cc3nc(N4CCN(c5cncc(NC(=O)C(C)(C)C)c5)CC4)ccc3cn2)cc1S(C)(=O)=O. The zero-order valence-electron chi connectivity index (χ0n) is 25.6. The van der Waals surface area contributed by atoms with E-state index in [1.54, 1.807) is 31.5 Å². The number of carbonyl (C=O) groups is 2. The molecular weight excluding hydrogens is 578 g/mol. The Morgan fingerprint density at radius 3 is 2.36 bits per heavy atom. The standard InChI is InChI=1S/C32H37N7O4S/c1-21-6-7-22(14-28(21)44(5,42)43)30(40)35-19-24-16-27-23(17-34-24)8-9-29(37-27)39-12-10-38(11-13-39)26-15-25(18-33-20-26)36-31(41)32(2,3)4/h6-9,14-18,20H,10-13,19H2,1-5H3,(H,35,40)(H,36,41). The number of anilines is 3. The average Bonchev–Trinajstić information content (AvgIpc) is 2.99. The lowest BCUT2D eigenvalue weighted by Crippen LogP contribution is -2.46. The van der Waals surface area contributed by atoms with E-state index in [4.69, 9.17) is 4.98 Å². The van der Waals surface area contributed by atoms with Crippen molar-refractivity contribution in [3.63, 3.8) is 0 Å². The van der Waals surface area contributed by atoms with E-state index in [0.29, 0.717) is 16.9 Å². The Balaban J connectivity index is 1.22. The van der Waals surface area contributed by atoms with Gasteiger partial charge in [-0.25, -0.2) is 13.4 Å². The number of aromatic nitrogens is 3. The van der Waals surface area contributed by atoms with Gasteiger partial charge in [-0.3, -0.25) is 19.6 Å². The Morgan fingerprint density at radius 1 is 0.932 bits per heavy atom. The number of benzene rings is 1. The first kappa shape index (κ1) is 30.9. The normalized spacial score (nSPS) is 14.0. The monoisotopic (exact) mass is 615 g/mol. The van der Waals surface area contributed by atoms with Gasteiger partial charge in [-0.2, -0.15) is 0 Å². The van der Waals surface area contributed by atoms with Crippen molar-refractivity contribution >= 4 is 49.7 Å². The molecule has 4 heterocycles. The van der Waals surface area contributed by atoms with Gasteiger partial charge >= 0.3 is 0 Å². The van der Waals surface area contributed by atoms with Gasteiger partial charge in [0, 0.05) is 55.0 Å². The zero-order chi connectivity index (χ0) is 31.6. The molecule has 12 heteroatoms. The largest absolute Gasteiger partial charge is 0.367 e. The van der Waals surface area contributed by atoms with Crippen molar-refractivity contribution in [1.29, 1.82) is 0 Å². The summed E-state index contributed by atoms with van der Waals surface area (Å²) in [5.74, 6) is 0.420. The van der Waals surface area contributed by atoms with E-state index in [9.17, 15) is 18.0 Å². The lowest BCUT2D eigenvalue weighted by molar-refractivity contribution is -0.123. The average molecular weight is 616 g/mol. The summed E-state index contributed by atoms with van der Waals surface area (Å²) in [6.07, 6.45) is 6.34. The summed E-state index contributed by atoms with van der Waals surface area (Å²) < 4.78 is 24.1. The molecule has 0 saturated carbocycles. The van der Waals surface area contributed by atoms with Crippen LogP contribution in [0.2, 0.25) is 0 Å². The highest BCUT2D eigenvalue weighted by Gasteiger charge is 2.23. The number of piperazine rings is 1. The first-order valence-electron chi connectivity index (χ1n) is 14.4. The lowest BCUT2D eigenvalue weighted by atomic mass is 9.95. The summed E-state index contributed by atoms with van der Waals surface area (Å²) >= 11 is 0. The van der Waals surface area contributed by atoms with Crippen LogP contribution in [-0.2, 0) is 21.2 Å². The number of pyridine rings is 3. The third-order valence-corrected chi connectivity index (χ3v) is 8.77. The van der Waals surface area contributed by atoms with Gasteiger partial charge in [0.1, 0.15) is 5.82 Å². The maximum absolute atomic E-state index is 12.8. The number of rotatable bonds is 7. The molecule has 3 aromatic heterocycles. The number of nitrogens with zero attached hydrogens (tertiary/aromatic N) is 5. The summed E-state index contributed by atoms with van der Waals surface area (Å²) in [7, 11) is -3.45. The Morgan fingerprint density at radius 2 is 1.66 bits per heavy atom. The van der Waals surface area contributed by atoms with Gasteiger partial charge in [0.15, 0.2) is 9.84 Å². The quantitative estimate of drug-likeness (QED) is 0.316. The molecule has 2 N–H and O–H groups in total. The van der Waals surface area contributed by atoms with E-state index in [2.05, 4.69) is 30.4 Å². The van der Waals surface area contributed by atoms with Crippen molar-refractivity contribution in [3.8, 4) is 0 Å². The van der Waals surface area contributed by atoms with Crippen molar-refractivity contribution in [3.05, 3.63) is 77.9 Å². The number of fused-ring (bicyclic) bond motifs is 1. The van der Waals surface area contributed by atoms with E-state index in [-0.39, 0.29) is 28.8 Å². The van der Waals surface area contributed by atoms with Crippen LogP contribution in [0.4, 0.5) is 17.2 Å². The van der Waals surface area contributed by atoms with Crippen LogP contribution in [0.25, 0.3) is 10.9 Å². The predicted octanol–water partition coefficient (Wildman–Crippen LogP) is 3.98. The second kappa shape index (κ2) is 12.2. The van der Waals surface area contributed by atoms with Crippen molar-refractivity contribution < 1.29 is 18.0 Å². The van der Waals surface area contributed by atoms with E-state index >= 15 is 0 Å². The molecule has 11 nitrogen and oxygen atoms in total. The maximum Gasteiger partial charge on any atom is 0.251 e. The van der Waals surface area contributed by atoms with Gasteiger partial charge < -0.3 is 20.4 Å². The number of nitrogens with one attached hydrogen (secondary N) is 2. The Labute approximate surface area is 257 Å². The first-order valence-corrected chi connectivity index (χ1v) is 16.3. The molecule has 0 spiro atoms. The van der Waals surface area contributed by atoms with E-state index < -0.39 is 15.3 Å². The highest BCUT2D eigenvalue weighted by molar-refractivity contribution is 7.90. The highest BCUT2D eigenvalue weighted by Crippen LogP contribution is 2.25. The molecule has 0 aliphatic carbocycles. The van der Waals surface area contributed by atoms with Crippen LogP contribution in [-0.4, -0.2) is 67.6 Å². The third kappa shape index (κ3) is 7.13. The summed E-state index contributed by atoms with van der Waals surface area (Å²) in [5.41, 5.74) is 3.42. The summed E-state index contributed by atoms with van der Waals surface area (Å²) in [4.78, 5) is 43.5. The summed E-state index contributed by atoms with van der Waals surface area (Å²) in [6.45, 7) is 10.6. The highest BCUT2D eigenvalue weighted by atomic mass is 32.2. The maximum atomic E-state index is 12.8. The van der Waals surface area contributed by atoms with E-state index in [1.807, 2.05) is 51.2 Å². The molecule has 0 radical (unpaired) electrons. The smallest absolute Gasteiger partial charge is 0.251 e. The zero-order valence-corrected chi connectivity index (χ0v) is 26.4. The van der Waals surface area contributed by atoms with Gasteiger partial charge in [0.25, 0.3) is 5.91 Å². The second-order valence-electron chi connectivity index (χ2n) is 12.1. The fourth-order valence-corrected chi connectivity index (χ4v) is 5.91. The molecule has 1 fully saturated rings.